The lowest BCUT2D eigenvalue weighted by Crippen LogP contribution is -2.50. The molecule has 2 aliphatic carbocycles. The Morgan fingerprint density at radius 1 is 1.07 bits per heavy atom. The van der Waals surface area contributed by atoms with Gasteiger partial charge in [-0.2, -0.15) is 0 Å². The molecule has 152 valence electrons. The van der Waals surface area contributed by atoms with Gasteiger partial charge < -0.3 is 15.0 Å². The second-order valence-electron chi connectivity index (χ2n) is 8.91. The van der Waals surface area contributed by atoms with Crippen LogP contribution in [-0.2, 0) is 4.79 Å². The number of nitrogens with one attached hydrogen (secondary N) is 1. The Labute approximate surface area is 167 Å². The van der Waals surface area contributed by atoms with Gasteiger partial charge in [-0.3, -0.25) is 9.59 Å². The van der Waals surface area contributed by atoms with Crippen molar-refractivity contribution >= 4 is 11.8 Å². The fraction of sp³-hybridized carbons (Fsp3) is 0.652. The Hall–Kier alpha value is -2.04. The highest BCUT2D eigenvalue weighted by Crippen LogP contribution is 2.40. The first-order valence-electron chi connectivity index (χ1n) is 10.9. The van der Waals surface area contributed by atoms with Crippen molar-refractivity contribution in [2.24, 2.45) is 5.92 Å². The predicted octanol–water partition coefficient (Wildman–Crippen LogP) is 3.92. The highest BCUT2D eigenvalue weighted by molar-refractivity contribution is 5.97. The van der Waals surface area contributed by atoms with Crippen LogP contribution in [-0.4, -0.2) is 41.9 Å². The molecule has 0 bridgehead atoms. The topological polar surface area (TPSA) is 58.6 Å². The van der Waals surface area contributed by atoms with Crippen LogP contribution >= 0.6 is 0 Å². The van der Waals surface area contributed by atoms with Crippen LogP contribution in [0.1, 0.15) is 74.6 Å². The first-order chi connectivity index (χ1) is 13.6. The predicted molar refractivity (Wildman–Crippen MR) is 108 cm³/mol. The SMILES string of the molecule is CN1CC2(CCC(C(=O)NC3CCCCCC3)CC2)Oc2ccccc2C1=O. The summed E-state index contributed by atoms with van der Waals surface area (Å²) in [4.78, 5) is 27.3. The highest BCUT2D eigenvalue weighted by Gasteiger charge is 2.43. The van der Waals surface area contributed by atoms with E-state index in [0.717, 1.165) is 38.5 Å². The van der Waals surface area contributed by atoms with Gasteiger partial charge in [-0.05, 0) is 50.7 Å². The fourth-order valence-corrected chi connectivity index (χ4v) is 5.12. The summed E-state index contributed by atoms with van der Waals surface area (Å²) in [5, 5.41) is 3.32. The van der Waals surface area contributed by atoms with E-state index in [9.17, 15) is 9.59 Å². The van der Waals surface area contributed by atoms with Crippen molar-refractivity contribution in [1.29, 1.82) is 0 Å². The molecular weight excluding hydrogens is 352 g/mol. The molecule has 1 aliphatic heterocycles. The van der Waals surface area contributed by atoms with E-state index >= 15 is 0 Å². The number of fused-ring (bicyclic) bond motifs is 1. The highest BCUT2D eigenvalue weighted by atomic mass is 16.5. The number of hydrogen-bond donors (Lipinski definition) is 1. The maximum atomic E-state index is 12.8. The maximum absolute atomic E-state index is 12.8. The Balaban J connectivity index is 1.40. The van der Waals surface area contributed by atoms with Crippen LogP contribution in [0.15, 0.2) is 24.3 Å². The standard InChI is InChI=1S/C23H32N2O3/c1-25-16-23(28-20-11-7-6-10-19(20)22(25)27)14-12-17(13-15-23)21(26)24-18-8-4-2-3-5-9-18/h6-7,10-11,17-18H,2-5,8-9,12-16H2,1H3,(H,24,26). The van der Waals surface area contributed by atoms with Gasteiger partial charge in [0.25, 0.3) is 5.91 Å². The molecule has 0 unspecified atom stereocenters. The van der Waals surface area contributed by atoms with E-state index in [4.69, 9.17) is 4.74 Å². The molecule has 1 heterocycles. The molecule has 2 amide bonds. The minimum absolute atomic E-state index is 0.0145. The number of carbonyl (C=O) groups excluding carboxylic acids is 2. The van der Waals surface area contributed by atoms with Gasteiger partial charge in [0.1, 0.15) is 11.4 Å². The molecule has 0 saturated heterocycles. The van der Waals surface area contributed by atoms with Gasteiger partial charge in [0.15, 0.2) is 0 Å². The molecule has 2 fully saturated rings. The molecule has 4 rings (SSSR count). The molecule has 1 spiro atoms. The number of ether oxygens (including phenoxy) is 1. The zero-order valence-electron chi connectivity index (χ0n) is 16.9. The zero-order chi connectivity index (χ0) is 19.6. The lowest BCUT2D eigenvalue weighted by molar-refractivity contribution is -0.128. The van der Waals surface area contributed by atoms with Crippen LogP contribution in [0.3, 0.4) is 0 Å². The van der Waals surface area contributed by atoms with Crippen molar-refractivity contribution in [3.8, 4) is 5.75 Å². The molecule has 28 heavy (non-hydrogen) atoms. The van der Waals surface area contributed by atoms with Gasteiger partial charge in [-0.15, -0.1) is 0 Å². The summed E-state index contributed by atoms with van der Waals surface area (Å²) in [6.45, 7) is 0.581. The van der Waals surface area contributed by atoms with E-state index in [1.165, 1.54) is 25.7 Å². The lowest BCUT2D eigenvalue weighted by Gasteiger charge is -2.40. The number of nitrogens with zero attached hydrogens (tertiary/aromatic N) is 1. The van der Waals surface area contributed by atoms with Crippen LogP contribution in [0, 0.1) is 5.92 Å². The average Bonchev–Trinajstić information content (AvgIpc) is 3.01. The van der Waals surface area contributed by atoms with Crippen LogP contribution in [0.4, 0.5) is 0 Å². The van der Waals surface area contributed by atoms with Crippen LogP contribution in [0.25, 0.3) is 0 Å². The number of para-hydroxylation sites is 1. The van der Waals surface area contributed by atoms with Gasteiger partial charge in [0, 0.05) is 19.0 Å². The van der Waals surface area contributed by atoms with Gasteiger partial charge in [-0.25, -0.2) is 0 Å². The van der Waals surface area contributed by atoms with Crippen LogP contribution < -0.4 is 10.1 Å². The Morgan fingerprint density at radius 2 is 1.75 bits per heavy atom. The summed E-state index contributed by atoms with van der Waals surface area (Å²) in [6, 6.07) is 7.87. The maximum Gasteiger partial charge on any atom is 0.257 e. The Bertz CT molecular complexity index is 716. The third-order valence-corrected chi connectivity index (χ3v) is 6.79. The largest absolute Gasteiger partial charge is 0.485 e. The molecule has 1 aromatic carbocycles. The summed E-state index contributed by atoms with van der Waals surface area (Å²) >= 11 is 0. The number of amides is 2. The van der Waals surface area contributed by atoms with Crippen molar-refractivity contribution < 1.29 is 14.3 Å². The second kappa shape index (κ2) is 8.14. The molecule has 3 aliphatic rings. The molecule has 0 aromatic heterocycles. The molecule has 1 aromatic rings. The van der Waals surface area contributed by atoms with Crippen LogP contribution in [0.2, 0.25) is 0 Å². The first-order valence-corrected chi connectivity index (χ1v) is 10.9. The van der Waals surface area contributed by atoms with E-state index in [2.05, 4.69) is 5.32 Å². The van der Waals surface area contributed by atoms with E-state index in [1.807, 2.05) is 31.3 Å². The van der Waals surface area contributed by atoms with Crippen LogP contribution in [0.5, 0.6) is 5.75 Å². The summed E-state index contributed by atoms with van der Waals surface area (Å²) in [5.74, 6) is 0.982. The minimum Gasteiger partial charge on any atom is -0.485 e. The monoisotopic (exact) mass is 384 g/mol. The number of rotatable bonds is 2. The van der Waals surface area contributed by atoms with E-state index in [1.54, 1.807) is 4.90 Å². The molecule has 2 saturated carbocycles. The zero-order valence-corrected chi connectivity index (χ0v) is 16.9. The average molecular weight is 385 g/mol. The number of likely N-dealkylation sites (N-methyl/N-ethyl adjacent to an activating group) is 1. The molecule has 0 atom stereocenters. The summed E-state index contributed by atoms with van der Waals surface area (Å²) < 4.78 is 6.43. The molecule has 0 radical (unpaired) electrons. The quantitative estimate of drug-likeness (QED) is 0.786. The van der Waals surface area contributed by atoms with Crippen molar-refractivity contribution in [1.82, 2.24) is 10.2 Å². The molecular formula is C23H32N2O3. The van der Waals surface area contributed by atoms with Crippen molar-refractivity contribution in [3.63, 3.8) is 0 Å². The summed E-state index contributed by atoms with van der Waals surface area (Å²) in [7, 11) is 1.85. The smallest absolute Gasteiger partial charge is 0.257 e. The normalized spacial score (nSPS) is 28.8. The Morgan fingerprint density at radius 3 is 2.46 bits per heavy atom. The lowest BCUT2D eigenvalue weighted by atomic mass is 9.77. The fourth-order valence-electron chi connectivity index (χ4n) is 5.12. The third-order valence-electron chi connectivity index (χ3n) is 6.79. The molecule has 1 N–H and O–H groups in total. The van der Waals surface area contributed by atoms with Crippen molar-refractivity contribution in [3.05, 3.63) is 29.8 Å². The van der Waals surface area contributed by atoms with E-state index in [0.29, 0.717) is 23.9 Å². The summed E-state index contributed by atoms with van der Waals surface area (Å²) in [6.07, 6.45) is 10.5. The molecule has 5 heteroatoms. The minimum atomic E-state index is -0.379. The van der Waals surface area contributed by atoms with Gasteiger partial charge >= 0.3 is 0 Å². The summed E-state index contributed by atoms with van der Waals surface area (Å²) in [5.41, 5.74) is 0.255. The van der Waals surface area contributed by atoms with Gasteiger partial charge in [0.05, 0.1) is 12.1 Å². The van der Waals surface area contributed by atoms with E-state index < -0.39 is 0 Å². The number of benzene rings is 1. The van der Waals surface area contributed by atoms with Gasteiger partial charge in [0.2, 0.25) is 5.91 Å². The third kappa shape index (κ3) is 4.03. The first kappa shape index (κ1) is 19.3. The van der Waals surface area contributed by atoms with Gasteiger partial charge in [-0.1, -0.05) is 37.8 Å². The second-order valence-corrected chi connectivity index (χ2v) is 8.91. The molecule has 5 nitrogen and oxygen atoms in total. The van der Waals surface area contributed by atoms with Crippen molar-refractivity contribution in [2.75, 3.05) is 13.6 Å². The number of hydrogen-bond acceptors (Lipinski definition) is 3. The van der Waals surface area contributed by atoms with E-state index in [-0.39, 0.29) is 23.3 Å². The Kier molecular flexibility index (Phi) is 5.61. The number of carbonyl (C=O) groups is 2. The van der Waals surface area contributed by atoms with Crippen molar-refractivity contribution in [2.45, 2.75) is 75.9 Å².